The lowest BCUT2D eigenvalue weighted by atomic mass is 10.1. The molecule has 1 aliphatic heterocycles. The number of likely N-dealkylation sites (tertiary alicyclic amines) is 1. The maximum absolute atomic E-state index is 12.0. The van der Waals surface area contributed by atoms with E-state index in [4.69, 9.17) is 0 Å². The van der Waals surface area contributed by atoms with Crippen LogP contribution in [-0.2, 0) is 11.3 Å². The molecule has 1 amide bonds. The Hall–Kier alpha value is -1.46. The van der Waals surface area contributed by atoms with Gasteiger partial charge in [0.05, 0.1) is 16.8 Å². The van der Waals surface area contributed by atoms with Crippen molar-refractivity contribution in [3.63, 3.8) is 0 Å². The third kappa shape index (κ3) is 3.16. The molecule has 2 aromatic rings. The lowest BCUT2D eigenvalue weighted by Crippen LogP contribution is -2.40. The number of fused-ring (bicyclic) bond motifs is 1. The summed E-state index contributed by atoms with van der Waals surface area (Å²) in [5, 5.41) is 4.26. The Bertz CT molecular complexity index is 557. The summed E-state index contributed by atoms with van der Waals surface area (Å²) in [5.41, 5.74) is 1.04. The van der Waals surface area contributed by atoms with E-state index in [0.29, 0.717) is 13.1 Å². The quantitative estimate of drug-likeness (QED) is 0.940. The fourth-order valence-corrected chi connectivity index (χ4v) is 3.46. The summed E-state index contributed by atoms with van der Waals surface area (Å²) in [7, 11) is 0. The number of benzene rings is 1. The minimum atomic E-state index is 0.214. The Morgan fingerprint density at radius 2 is 2.05 bits per heavy atom. The molecule has 106 valence electrons. The maximum Gasteiger partial charge on any atom is 0.236 e. The van der Waals surface area contributed by atoms with E-state index in [0.717, 1.165) is 36.5 Å². The zero-order valence-electron chi connectivity index (χ0n) is 11.5. The predicted molar refractivity (Wildman–Crippen MR) is 81.8 cm³/mol. The smallest absolute Gasteiger partial charge is 0.236 e. The third-order valence-corrected chi connectivity index (χ3v) is 4.64. The van der Waals surface area contributed by atoms with Gasteiger partial charge >= 0.3 is 0 Å². The second-order valence-electron chi connectivity index (χ2n) is 5.12. The molecule has 0 unspecified atom stereocenters. The van der Waals surface area contributed by atoms with E-state index >= 15 is 0 Å². The number of para-hydroxylation sites is 1. The molecule has 1 aliphatic rings. The van der Waals surface area contributed by atoms with Gasteiger partial charge in [-0.05, 0) is 31.4 Å². The monoisotopic (exact) mass is 289 g/mol. The lowest BCUT2D eigenvalue weighted by Gasteiger charge is -2.26. The number of hydrogen-bond acceptors (Lipinski definition) is 4. The van der Waals surface area contributed by atoms with E-state index in [-0.39, 0.29) is 5.91 Å². The molecule has 0 saturated carbocycles. The number of piperidine rings is 1. The Labute approximate surface area is 122 Å². The van der Waals surface area contributed by atoms with Crippen LogP contribution in [-0.4, -0.2) is 35.4 Å². The molecule has 0 spiro atoms. The number of carbonyl (C=O) groups is 1. The molecule has 0 atom stereocenters. The number of thiazole rings is 1. The molecule has 1 N–H and O–H groups in total. The summed E-state index contributed by atoms with van der Waals surface area (Å²) in [6.45, 7) is 2.91. The van der Waals surface area contributed by atoms with Crippen LogP contribution in [0.1, 0.15) is 24.3 Å². The van der Waals surface area contributed by atoms with Crippen LogP contribution in [0.25, 0.3) is 10.2 Å². The van der Waals surface area contributed by atoms with E-state index in [1.165, 1.54) is 11.1 Å². The van der Waals surface area contributed by atoms with E-state index in [1.54, 1.807) is 11.3 Å². The number of rotatable bonds is 4. The number of carbonyl (C=O) groups excluding carboxylic acids is 1. The van der Waals surface area contributed by atoms with Gasteiger partial charge in [0.15, 0.2) is 0 Å². The van der Waals surface area contributed by atoms with Crippen molar-refractivity contribution in [1.29, 1.82) is 0 Å². The molecule has 4 nitrogen and oxygen atoms in total. The lowest BCUT2D eigenvalue weighted by molar-refractivity contribution is -0.131. The van der Waals surface area contributed by atoms with Crippen molar-refractivity contribution in [2.24, 2.45) is 0 Å². The molecule has 1 aromatic heterocycles. The van der Waals surface area contributed by atoms with Gasteiger partial charge in [0.1, 0.15) is 5.01 Å². The Balaban J connectivity index is 1.50. The summed E-state index contributed by atoms with van der Waals surface area (Å²) < 4.78 is 1.20. The first-order valence-corrected chi connectivity index (χ1v) is 7.97. The standard InChI is InChI=1S/C15H19N3OS/c19-15(18-8-4-1-5-9-18)11-16-10-14-17-12-6-2-3-7-13(12)20-14/h2-3,6-7,16H,1,4-5,8-11H2. The first-order chi connectivity index (χ1) is 9.83. The molecule has 0 aliphatic carbocycles. The molecule has 20 heavy (non-hydrogen) atoms. The van der Waals surface area contributed by atoms with Crippen LogP contribution in [0.4, 0.5) is 0 Å². The van der Waals surface area contributed by atoms with Gasteiger partial charge in [0.2, 0.25) is 5.91 Å². The number of amides is 1. The van der Waals surface area contributed by atoms with Crippen molar-refractivity contribution in [1.82, 2.24) is 15.2 Å². The highest BCUT2D eigenvalue weighted by Gasteiger charge is 2.15. The first-order valence-electron chi connectivity index (χ1n) is 7.16. The molecule has 1 saturated heterocycles. The molecule has 5 heteroatoms. The van der Waals surface area contributed by atoms with Gasteiger partial charge in [0.25, 0.3) is 0 Å². The van der Waals surface area contributed by atoms with Crippen LogP contribution in [0.3, 0.4) is 0 Å². The largest absolute Gasteiger partial charge is 0.342 e. The summed E-state index contributed by atoms with van der Waals surface area (Å²) in [5.74, 6) is 0.214. The summed E-state index contributed by atoms with van der Waals surface area (Å²) in [6, 6.07) is 8.13. The van der Waals surface area contributed by atoms with Crippen LogP contribution >= 0.6 is 11.3 Å². The second-order valence-corrected chi connectivity index (χ2v) is 6.24. The van der Waals surface area contributed by atoms with E-state index in [1.807, 2.05) is 23.1 Å². The number of aromatic nitrogens is 1. The summed E-state index contributed by atoms with van der Waals surface area (Å²) in [4.78, 5) is 18.5. The van der Waals surface area contributed by atoms with E-state index in [2.05, 4.69) is 16.4 Å². The van der Waals surface area contributed by atoms with Crippen molar-refractivity contribution in [2.75, 3.05) is 19.6 Å². The van der Waals surface area contributed by atoms with Gasteiger partial charge in [-0.15, -0.1) is 11.3 Å². The van der Waals surface area contributed by atoms with Crippen LogP contribution < -0.4 is 5.32 Å². The first kappa shape index (κ1) is 13.5. The Kier molecular flexibility index (Phi) is 4.28. The fraction of sp³-hybridized carbons (Fsp3) is 0.467. The van der Waals surface area contributed by atoms with Crippen LogP contribution in [0.2, 0.25) is 0 Å². The highest BCUT2D eigenvalue weighted by Crippen LogP contribution is 2.21. The minimum absolute atomic E-state index is 0.214. The molecular weight excluding hydrogens is 270 g/mol. The van der Waals surface area contributed by atoms with Crippen molar-refractivity contribution >= 4 is 27.5 Å². The molecular formula is C15H19N3OS. The van der Waals surface area contributed by atoms with Crippen LogP contribution in [0.15, 0.2) is 24.3 Å². The van der Waals surface area contributed by atoms with Crippen molar-refractivity contribution in [2.45, 2.75) is 25.8 Å². The summed E-state index contributed by atoms with van der Waals surface area (Å²) >= 11 is 1.69. The van der Waals surface area contributed by atoms with Gasteiger partial charge in [-0.2, -0.15) is 0 Å². The number of nitrogens with one attached hydrogen (secondary N) is 1. The zero-order chi connectivity index (χ0) is 13.8. The average Bonchev–Trinajstić information content (AvgIpc) is 2.90. The van der Waals surface area contributed by atoms with Gasteiger partial charge in [-0.1, -0.05) is 12.1 Å². The molecule has 0 radical (unpaired) electrons. The summed E-state index contributed by atoms with van der Waals surface area (Å²) in [6.07, 6.45) is 3.54. The molecule has 2 heterocycles. The van der Waals surface area contributed by atoms with E-state index in [9.17, 15) is 4.79 Å². The van der Waals surface area contributed by atoms with Crippen molar-refractivity contribution < 1.29 is 4.79 Å². The van der Waals surface area contributed by atoms with Crippen molar-refractivity contribution in [3.8, 4) is 0 Å². The number of nitrogens with zero attached hydrogens (tertiary/aromatic N) is 2. The Morgan fingerprint density at radius 1 is 1.25 bits per heavy atom. The average molecular weight is 289 g/mol. The maximum atomic E-state index is 12.0. The van der Waals surface area contributed by atoms with Crippen molar-refractivity contribution in [3.05, 3.63) is 29.3 Å². The van der Waals surface area contributed by atoms with Gasteiger partial charge < -0.3 is 10.2 Å². The molecule has 1 aromatic carbocycles. The SMILES string of the molecule is O=C(CNCc1nc2ccccc2s1)N1CCCCC1. The highest BCUT2D eigenvalue weighted by molar-refractivity contribution is 7.18. The van der Waals surface area contributed by atoms with E-state index < -0.39 is 0 Å². The second kappa shape index (κ2) is 6.33. The van der Waals surface area contributed by atoms with Gasteiger partial charge in [-0.25, -0.2) is 4.98 Å². The Morgan fingerprint density at radius 3 is 2.85 bits per heavy atom. The van der Waals surface area contributed by atoms with Gasteiger partial charge in [0, 0.05) is 19.6 Å². The topological polar surface area (TPSA) is 45.2 Å². The molecule has 0 bridgehead atoms. The zero-order valence-corrected chi connectivity index (χ0v) is 12.3. The van der Waals surface area contributed by atoms with Crippen LogP contribution in [0, 0.1) is 0 Å². The molecule has 3 rings (SSSR count). The normalized spacial score (nSPS) is 15.7. The third-order valence-electron chi connectivity index (χ3n) is 3.60. The van der Waals surface area contributed by atoms with Crippen LogP contribution in [0.5, 0.6) is 0 Å². The number of hydrogen-bond donors (Lipinski definition) is 1. The fourth-order valence-electron chi connectivity index (χ4n) is 2.53. The predicted octanol–water partition coefficient (Wildman–Crippen LogP) is 2.40. The highest BCUT2D eigenvalue weighted by atomic mass is 32.1. The van der Waals surface area contributed by atoms with Gasteiger partial charge in [-0.3, -0.25) is 4.79 Å². The molecule has 1 fully saturated rings. The minimum Gasteiger partial charge on any atom is -0.342 e.